The van der Waals surface area contributed by atoms with Gasteiger partial charge in [0.1, 0.15) is 0 Å². The molecule has 0 radical (unpaired) electrons. The second-order valence-corrected chi connectivity index (χ2v) is 8.45. The maximum atomic E-state index is 13.1. The lowest BCUT2D eigenvalue weighted by molar-refractivity contribution is -0.141. The highest BCUT2D eigenvalue weighted by Gasteiger charge is 2.42. The van der Waals surface area contributed by atoms with Crippen molar-refractivity contribution >= 4 is 17.2 Å². The number of amides is 1. The first-order valence-corrected chi connectivity index (χ1v) is 9.65. The van der Waals surface area contributed by atoms with Crippen molar-refractivity contribution in [3.05, 3.63) is 21.9 Å². The molecule has 2 bridgehead atoms. The molecule has 1 aromatic rings. The number of carbonyl (C=O) groups excluding carboxylic acids is 1. The van der Waals surface area contributed by atoms with Crippen LogP contribution in [0.25, 0.3) is 0 Å². The molecule has 120 valence electrons. The number of nitrogens with zero attached hydrogens (tertiary/aromatic N) is 1. The number of hydrogen-bond acceptors (Lipinski definition) is 3. The van der Waals surface area contributed by atoms with Gasteiger partial charge >= 0.3 is 0 Å². The van der Waals surface area contributed by atoms with Crippen molar-refractivity contribution in [3.8, 4) is 0 Å². The third-order valence-corrected chi connectivity index (χ3v) is 7.32. The maximum absolute atomic E-state index is 13.1. The van der Waals surface area contributed by atoms with Gasteiger partial charge in [0.25, 0.3) is 0 Å². The van der Waals surface area contributed by atoms with E-state index < -0.39 is 0 Å². The smallest absolute Gasteiger partial charge is 0.226 e. The monoisotopic (exact) mass is 318 g/mol. The molecule has 3 nitrogen and oxygen atoms in total. The van der Waals surface area contributed by atoms with Crippen LogP contribution in [-0.2, 0) is 11.2 Å². The van der Waals surface area contributed by atoms with Crippen molar-refractivity contribution in [3.63, 3.8) is 0 Å². The topological polar surface area (TPSA) is 46.3 Å². The molecule has 1 amide bonds. The van der Waals surface area contributed by atoms with Gasteiger partial charge in [0, 0.05) is 23.4 Å². The van der Waals surface area contributed by atoms with E-state index in [4.69, 9.17) is 5.73 Å². The van der Waals surface area contributed by atoms with E-state index in [0.29, 0.717) is 23.8 Å². The van der Waals surface area contributed by atoms with Crippen molar-refractivity contribution < 1.29 is 4.79 Å². The number of hydrogen-bond donors (Lipinski definition) is 1. The van der Waals surface area contributed by atoms with Crippen LogP contribution in [0.4, 0.5) is 0 Å². The first kappa shape index (κ1) is 14.7. The minimum absolute atomic E-state index is 0.220. The molecule has 1 aliphatic heterocycles. The molecule has 2 N–H and O–H groups in total. The first-order chi connectivity index (χ1) is 10.6. The lowest BCUT2D eigenvalue weighted by Crippen LogP contribution is -2.50. The van der Waals surface area contributed by atoms with Gasteiger partial charge in [0.05, 0.1) is 6.04 Å². The molecule has 3 atom stereocenters. The predicted octanol–water partition coefficient (Wildman–Crippen LogP) is 3.35. The number of rotatable bonds is 1. The minimum Gasteiger partial charge on any atom is -0.335 e. The van der Waals surface area contributed by atoms with Gasteiger partial charge in [-0.2, -0.15) is 0 Å². The van der Waals surface area contributed by atoms with Gasteiger partial charge in [-0.25, -0.2) is 0 Å². The number of nitrogens with two attached hydrogens (primary N) is 1. The molecule has 2 saturated carbocycles. The predicted molar refractivity (Wildman–Crippen MR) is 89.7 cm³/mol. The largest absolute Gasteiger partial charge is 0.335 e. The molecular formula is C18H26N2OS. The Balaban J connectivity index is 1.51. The van der Waals surface area contributed by atoms with Crippen LogP contribution in [0.3, 0.4) is 0 Å². The summed E-state index contributed by atoms with van der Waals surface area (Å²) in [7, 11) is 0. The fourth-order valence-electron chi connectivity index (χ4n) is 5.04. The quantitative estimate of drug-likeness (QED) is 0.863. The molecule has 0 aromatic carbocycles. The Kier molecular flexibility index (Phi) is 3.77. The summed E-state index contributed by atoms with van der Waals surface area (Å²) in [6.07, 6.45) is 6.84. The summed E-state index contributed by atoms with van der Waals surface area (Å²) >= 11 is 1.84. The van der Waals surface area contributed by atoms with E-state index in [1.54, 1.807) is 0 Å². The molecular weight excluding hydrogens is 292 g/mol. The van der Waals surface area contributed by atoms with Gasteiger partial charge in [-0.15, -0.1) is 11.3 Å². The maximum Gasteiger partial charge on any atom is 0.226 e. The van der Waals surface area contributed by atoms with E-state index in [1.807, 2.05) is 11.3 Å². The summed E-state index contributed by atoms with van der Waals surface area (Å²) in [5.41, 5.74) is 7.75. The van der Waals surface area contributed by atoms with Crippen molar-refractivity contribution in [2.45, 2.75) is 57.5 Å². The Labute approximate surface area is 136 Å². The zero-order valence-electron chi connectivity index (χ0n) is 13.3. The Morgan fingerprint density at radius 1 is 1.32 bits per heavy atom. The van der Waals surface area contributed by atoms with Crippen molar-refractivity contribution in [1.82, 2.24) is 4.90 Å². The van der Waals surface area contributed by atoms with Crippen LogP contribution in [0.15, 0.2) is 11.4 Å². The molecule has 2 aliphatic carbocycles. The van der Waals surface area contributed by atoms with Crippen molar-refractivity contribution in [2.24, 2.45) is 23.5 Å². The average Bonchev–Trinajstić information content (AvgIpc) is 2.96. The molecule has 0 spiro atoms. The van der Waals surface area contributed by atoms with Crippen molar-refractivity contribution in [2.75, 3.05) is 6.54 Å². The fraction of sp³-hybridized carbons (Fsp3) is 0.722. The molecule has 4 rings (SSSR count). The second kappa shape index (κ2) is 5.64. The van der Waals surface area contributed by atoms with Crippen LogP contribution in [0.5, 0.6) is 0 Å². The third kappa shape index (κ3) is 2.31. The molecule has 2 heterocycles. The summed E-state index contributed by atoms with van der Waals surface area (Å²) in [5.74, 6) is 1.78. The molecule has 4 heteroatoms. The number of carbonyl (C=O) groups is 1. The summed E-state index contributed by atoms with van der Waals surface area (Å²) in [6, 6.07) is 2.80. The third-order valence-electron chi connectivity index (χ3n) is 6.32. The lowest BCUT2D eigenvalue weighted by Gasteiger charge is -2.45. The first-order valence-electron chi connectivity index (χ1n) is 8.77. The van der Waals surface area contributed by atoms with Gasteiger partial charge < -0.3 is 10.6 Å². The number of fused-ring (bicyclic) bond motifs is 3. The van der Waals surface area contributed by atoms with Gasteiger partial charge in [-0.1, -0.05) is 6.42 Å². The van der Waals surface area contributed by atoms with Crippen LogP contribution in [0.2, 0.25) is 0 Å². The van der Waals surface area contributed by atoms with Crippen LogP contribution >= 0.6 is 11.3 Å². The van der Waals surface area contributed by atoms with Gasteiger partial charge in [-0.05, 0) is 67.9 Å². The van der Waals surface area contributed by atoms with Gasteiger partial charge in [-0.3, -0.25) is 4.79 Å². The van der Waals surface area contributed by atoms with Crippen LogP contribution in [0.1, 0.15) is 55.5 Å². The van der Waals surface area contributed by atoms with Crippen LogP contribution in [-0.4, -0.2) is 23.4 Å². The molecule has 3 unspecified atom stereocenters. The SMILES string of the molecule is CC1c2ccsc2CCN1C(=O)C1CC2CCCC(C1)C2N. The highest BCUT2D eigenvalue weighted by molar-refractivity contribution is 7.10. The van der Waals surface area contributed by atoms with E-state index in [9.17, 15) is 4.79 Å². The van der Waals surface area contributed by atoms with E-state index in [-0.39, 0.29) is 12.0 Å². The molecule has 1 aromatic heterocycles. The van der Waals surface area contributed by atoms with E-state index >= 15 is 0 Å². The Morgan fingerprint density at radius 3 is 2.77 bits per heavy atom. The fourth-order valence-corrected chi connectivity index (χ4v) is 6.00. The van der Waals surface area contributed by atoms with Gasteiger partial charge in [0.15, 0.2) is 0 Å². The lowest BCUT2D eigenvalue weighted by atomic mass is 9.64. The van der Waals surface area contributed by atoms with E-state index in [2.05, 4.69) is 23.3 Å². The molecule has 0 saturated heterocycles. The summed E-state index contributed by atoms with van der Waals surface area (Å²) < 4.78 is 0. The van der Waals surface area contributed by atoms with Crippen LogP contribution in [0, 0.1) is 17.8 Å². The summed E-state index contributed by atoms with van der Waals surface area (Å²) in [5, 5.41) is 2.17. The molecule has 2 fully saturated rings. The Hall–Kier alpha value is -0.870. The zero-order valence-corrected chi connectivity index (χ0v) is 14.1. The number of thiophene rings is 1. The summed E-state index contributed by atoms with van der Waals surface area (Å²) in [6.45, 7) is 3.09. The van der Waals surface area contributed by atoms with Crippen LogP contribution < -0.4 is 5.73 Å². The zero-order chi connectivity index (χ0) is 15.3. The highest BCUT2D eigenvalue weighted by atomic mass is 32.1. The summed E-state index contributed by atoms with van der Waals surface area (Å²) in [4.78, 5) is 16.7. The standard InChI is InChI=1S/C18H26N2OS/c1-11-15-6-8-22-16(15)5-7-20(11)18(21)14-9-12-3-2-4-13(10-14)17(12)19/h6,8,11-14,17H,2-5,7,9-10,19H2,1H3. The van der Waals surface area contributed by atoms with Crippen molar-refractivity contribution in [1.29, 1.82) is 0 Å². The normalized spacial score (nSPS) is 37.7. The Morgan fingerprint density at radius 2 is 2.05 bits per heavy atom. The minimum atomic E-state index is 0.220. The average molecular weight is 318 g/mol. The second-order valence-electron chi connectivity index (χ2n) is 7.45. The van der Waals surface area contributed by atoms with Gasteiger partial charge in [0.2, 0.25) is 5.91 Å². The van der Waals surface area contributed by atoms with E-state index in [0.717, 1.165) is 25.8 Å². The highest BCUT2D eigenvalue weighted by Crippen LogP contribution is 2.43. The van der Waals surface area contributed by atoms with E-state index in [1.165, 1.54) is 29.7 Å². The Bertz CT molecular complexity index is 555. The molecule has 22 heavy (non-hydrogen) atoms. The molecule has 3 aliphatic rings.